The van der Waals surface area contributed by atoms with Crippen LogP contribution in [0.4, 0.5) is 37.7 Å². The van der Waals surface area contributed by atoms with Crippen molar-refractivity contribution in [2.45, 2.75) is 215 Å². The third kappa shape index (κ3) is 42.5. The molecule has 1 saturated heterocycles. The maximum absolute atomic E-state index is 12.4. The summed E-state index contributed by atoms with van der Waals surface area (Å²) in [5.74, 6) is 0.989. The number of hydrogen-bond acceptors (Lipinski definition) is 26. The number of rotatable bonds is 19. The largest absolute Gasteiger partial charge is 0.481 e. The van der Waals surface area contributed by atoms with Crippen molar-refractivity contribution in [3.63, 3.8) is 0 Å². The molecule has 0 unspecified atom stereocenters. The van der Waals surface area contributed by atoms with Crippen molar-refractivity contribution in [2.24, 2.45) is 4.74 Å². The molecule has 4 aliphatic heterocycles. The van der Waals surface area contributed by atoms with Gasteiger partial charge < -0.3 is 59.2 Å². The van der Waals surface area contributed by atoms with Gasteiger partial charge in [0.1, 0.15) is 52.1 Å². The van der Waals surface area contributed by atoms with Gasteiger partial charge in [-0.05, 0) is 241 Å². The number of carboxylic acid groups (broad SMARTS) is 1. The van der Waals surface area contributed by atoms with E-state index >= 15 is 0 Å². The van der Waals surface area contributed by atoms with Gasteiger partial charge in [0.25, 0.3) is 0 Å². The predicted molar refractivity (Wildman–Crippen MR) is 446 cm³/mol. The molecule has 10 rings (SSSR count). The molecule has 6 aromatic rings. The number of Topliss-reactive ketones (excluding diaryl/α,β-unsaturated/α-hetero) is 1. The van der Waals surface area contributed by atoms with Gasteiger partial charge in [-0.1, -0.05) is 18.2 Å². The van der Waals surface area contributed by atoms with Crippen LogP contribution in [-0.2, 0) is 102 Å². The molecule has 10 heterocycles. The molecule has 4 aliphatic rings. The summed E-state index contributed by atoms with van der Waals surface area (Å²) < 4.78 is 29.1. The molecule has 0 saturated carbocycles. The molecule has 32 heteroatoms. The van der Waals surface area contributed by atoms with Crippen LogP contribution < -0.4 is 31.2 Å². The third-order valence-corrected chi connectivity index (χ3v) is 15.9. The molecular weight excluding hydrogens is 1500 g/mol. The van der Waals surface area contributed by atoms with E-state index < -0.39 is 28.9 Å². The normalized spacial score (nSPS) is 12.8. The van der Waals surface area contributed by atoms with E-state index in [1.807, 2.05) is 123 Å². The lowest BCUT2D eigenvalue weighted by Gasteiger charge is -2.31. The number of aromatic nitrogens is 6. The summed E-state index contributed by atoms with van der Waals surface area (Å²) in [6, 6.07) is 22.7. The average molecular weight is 1620 g/mol. The summed E-state index contributed by atoms with van der Waals surface area (Å²) in [5.41, 5.74) is 13.6. The smallest absolute Gasteiger partial charge is 0.416 e. The summed E-state index contributed by atoms with van der Waals surface area (Å²) >= 11 is 0. The maximum Gasteiger partial charge on any atom is 0.416 e. The third-order valence-electron chi connectivity index (χ3n) is 15.9. The molecule has 0 atom stereocenters. The number of carbonyl (C=O) groups excluding carboxylic acids is 9. The lowest BCUT2D eigenvalue weighted by Crippen LogP contribution is -2.40. The topological polar surface area (TPSA) is 399 Å². The maximum atomic E-state index is 12.4. The zero-order chi connectivity index (χ0) is 86.1. The Hall–Kier alpha value is -10.4. The Labute approximate surface area is 680 Å². The van der Waals surface area contributed by atoms with Crippen molar-refractivity contribution in [1.82, 2.24) is 45.6 Å². The number of fused-ring (bicyclic) bond motifs is 4. The molecule has 5 N–H and O–H groups in total. The van der Waals surface area contributed by atoms with Gasteiger partial charge in [0.05, 0.1) is 45.1 Å². The summed E-state index contributed by atoms with van der Waals surface area (Å²) in [5, 5.41) is 13.0. The van der Waals surface area contributed by atoms with Gasteiger partial charge in [0, 0.05) is 120 Å². The number of ketones is 1. The predicted octanol–water partition coefficient (Wildman–Crippen LogP) is 13.1. The van der Waals surface area contributed by atoms with E-state index in [4.69, 9.17) is 29.8 Å². The lowest BCUT2D eigenvalue weighted by molar-refractivity contribution is -0.144. The minimum atomic E-state index is -0.858. The second-order valence-corrected chi connectivity index (χ2v) is 29.7. The highest BCUT2D eigenvalue weighted by atomic mass is 31.0. The fourth-order valence-electron chi connectivity index (χ4n) is 10.5. The Balaban J connectivity index is 0.000000464. The number of aliphatic carboxylic acids is 1. The van der Waals surface area contributed by atoms with E-state index in [0.717, 1.165) is 84.0 Å². The summed E-state index contributed by atoms with van der Waals surface area (Å²) in [4.78, 5) is 149. The van der Waals surface area contributed by atoms with Crippen molar-refractivity contribution in [3.8, 4) is 0 Å². The Morgan fingerprint density at radius 2 is 0.983 bits per heavy atom. The molecule has 0 aliphatic carbocycles. The Bertz CT molecular complexity index is 4020. The van der Waals surface area contributed by atoms with Crippen molar-refractivity contribution < 1.29 is 81.6 Å². The fraction of sp³-hybridized carbons (Fsp3) is 0.542. The molecule has 632 valence electrons. The SMILES string of the molecule is C1CCNC1.CC(C)(C)OC(=O)N1CCCc2ccc(CCC(=O)O)nc21.CC(C)(C)OC(=O)N1CCCc2ccc(CCC=O)nc21.CCOC(=O)CCC(C)=O.CCOC(=O)CCc1ccc2cccnc2n1.CN(C)C(=O)CCc1ccc2c(n1)N(C(=O)OC(C)(C)C)CCC2.CN=P.CNOC.Nc1ncccc1C=O. The van der Waals surface area contributed by atoms with Crippen molar-refractivity contribution in [3.05, 3.63) is 130 Å². The van der Waals surface area contributed by atoms with E-state index in [9.17, 15) is 47.9 Å². The number of carboxylic acids is 1. The molecule has 0 bridgehead atoms. The second-order valence-electron chi connectivity index (χ2n) is 29.3. The van der Waals surface area contributed by atoms with Gasteiger partial charge in [-0.25, -0.2) is 49.8 Å². The van der Waals surface area contributed by atoms with Crippen LogP contribution >= 0.6 is 9.03 Å². The van der Waals surface area contributed by atoms with E-state index in [-0.39, 0.29) is 54.5 Å². The van der Waals surface area contributed by atoms with Gasteiger partial charge in [-0.3, -0.25) is 43.4 Å². The quantitative estimate of drug-likeness (QED) is 0.0192. The number of pyridine rings is 6. The zero-order valence-corrected chi connectivity index (χ0v) is 71.4. The number of aryl methyl sites for hydroxylation is 7. The molecule has 31 nitrogen and oxygen atoms in total. The number of nitrogens with two attached hydrogens (primary N) is 1. The van der Waals surface area contributed by atoms with Crippen molar-refractivity contribution >= 4 is 104 Å². The number of ether oxygens (including phenoxy) is 5. The number of aldehydes is 2. The van der Waals surface area contributed by atoms with Crippen molar-refractivity contribution in [2.75, 3.05) is 102 Å². The number of amides is 4. The molecule has 0 radical (unpaired) electrons. The first-order chi connectivity index (χ1) is 54.5. The van der Waals surface area contributed by atoms with Gasteiger partial charge in [-0.2, -0.15) is 0 Å². The highest BCUT2D eigenvalue weighted by Crippen LogP contribution is 2.31. The zero-order valence-electron chi connectivity index (χ0n) is 70.4. The Kier molecular flexibility index (Phi) is 47.7. The highest BCUT2D eigenvalue weighted by Gasteiger charge is 2.32. The van der Waals surface area contributed by atoms with E-state index in [1.165, 1.54) is 32.9 Å². The molecule has 1 fully saturated rings. The Morgan fingerprint density at radius 1 is 0.583 bits per heavy atom. The van der Waals surface area contributed by atoms with Crippen LogP contribution in [0.1, 0.15) is 204 Å². The molecule has 0 spiro atoms. The molecule has 115 heavy (non-hydrogen) atoms. The standard InChI is InChI=1S/C18H27N3O3.C16H22N2O4.C16H22N2O3.C13H14N2O2.C7H12O3.C6H6N2O.C4H9N.C2H7NO.CH4NP/c1-18(2,3)24-17(23)21-12-6-7-13-8-9-14(19-16(13)21)10-11-15(22)20(4)5;1-16(2,3)22-15(21)18-10-4-5-11-6-7-12(17-14(11)18)8-9-13(19)20;1-16(2,3)21-15(20)18-10-4-6-12-8-9-13(7-5-11-19)17-14(12)18;1-2-17-12(16)8-7-11-6-5-10-4-3-9-14-13(10)15-11;1-3-10-7(9)5-4-6(2)8;7-6-5(4-9)2-1-3-8-6;1-2-4-5-3-1;1-3-4-2;1-2-3/h8-9H,6-7,10-12H2,1-5H3;6-7H,4-5,8-10H2,1-3H3,(H,19,20);8-9,11H,4-7,10H2,1-3H3;3-6,9H,2,7-8H2,1H3;3-5H2,1-2H3;1-4H,(H2,7,8);5H,1-4H2;3H,1-2H3;3H,1H3. The van der Waals surface area contributed by atoms with Crippen LogP contribution in [0, 0.1) is 0 Å². The average Bonchev–Trinajstić information content (AvgIpc) is 0.879. The minimum absolute atomic E-state index is 0.0213. The van der Waals surface area contributed by atoms with Gasteiger partial charge in [0.2, 0.25) is 5.91 Å². The minimum Gasteiger partial charge on any atom is -0.481 e. The first-order valence-electron chi connectivity index (χ1n) is 38.6. The number of nitrogen functional groups attached to an aromatic ring is 1. The van der Waals surface area contributed by atoms with Crippen LogP contribution in [0.5, 0.6) is 0 Å². The molecular formula is C83H123N14O17P. The van der Waals surface area contributed by atoms with Crippen LogP contribution in [-0.4, -0.2) is 198 Å². The lowest BCUT2D eigenvalue weighted by atomic mass is 10.0. The number of nitrogens with zero attached hydrogens (tertiary/aromatic N) is 11. The van der Waals surface area contributed by atoms with Gasteiger partial charge in [0.15, 0.2) is 11.9 Å². The molecule has 0 aromatic carbocycles. The summed E-state index contributed by atoms with van der Waals surface area (Å²) in [7, 11) is 11.2. The molecule has 4 amide bonds. The van der Waals surface area contributed by atoms with Gasteiger partial charge in [-0.15, -0.1) is 0 Å². The number of hydrogen-bond donors (Lipinski definition) is 4. The van der Waals surface area contributed by atoms with E-state index in [1.54, 1.807) is 93.3 Å². The summed E-state index contributed by atoms with van der Waals surface area (Å²) in [6.45, 7) is 26.7. The second kappa shape index (κ2) is 54.4. The van der Waals surface area contributed by atoms with Crippen LogP contribution in [0.25, 0.3) is 11.0 Å². The summed E-state index contributed by atoms with van der Waals surface area (Å²) in [6.07, 6.45) is 15.6. The van der Waals surface area contributed by atoms with E-state index in [0.29, 0.717) is 125 Å². The van der Waals surface area contributed by atoms with Gasteiger partial charge >= 0.3 is 36.2 Å². The monoisotopic (exact) mass is 1620 g/mol. The number of carbonyl (C=O) groups is 10. The number of hydroxylamine groups is 1. The molecule has 6 aromatic heterocycles. The highest BCUT2D eigenvalue weighted by molar-refractivity contribution is 7.03. The number of esters is 2. The first-order valence-corrected chi connectivity index (χ1v) is 39.1. The van der Waals surface area contributed by atoms with E-state index in [2.05, 4.69) is 64.1 Å². The van der Waals surface area contributed by atoms with Crippen LogP contribution in [0.3, 0.4) is 0 Å². The number of nitrogens with one attached hydrogen (secondary N) is 2. The number of anilines is 4. The Morgan fingerprint density at radius 3 is 1.35 bits per heavy atom. The first kappa shape index (κ1) is 101. The van der Waals surface area contributed by atoms with Crippen molar-refractivity contribution in [1.29, 1.82) is 0 Å². The van der Waals surface area contributed by atoms with Crippen LogP contribution in [0.2, 0.25) is 0 Å². The fourth-order valence-corrected chi connectivity index (χ4v) is 10.5. The van der Waals surface area contributed by atoms with Crippen LogP contribution in [0.15, 0.2) is 89.9 Å².